The maximum atomic E-state index is 6.01. The summed E-state index contributed by atoms with van der Waals surface area (Å²) in [6.45, 7) is 8.81. The number of rotatable bonds is 2. The first-order chi connectivity index (χ1) is 11.9. The summed E-state index contributed by atoms with van der Waals surface area (Å²) in [6, 6.07) is 21.2. The Morgan fingerprint density at radius 3 is 2.32 bits per heavy atom. The Morgan fingerprint density at radius 2 is 1.60 bits per heavy atom. The lowest BCUT2D eigenvalue weighted by molar-refractivity contribution is 0.590. The molecule has 25 heavy (non-hydrogen) atoms. The molecule has 0 atom stereocenters. The van der Waals surface area contributed by atoms with Gasteiger partial charge in [0.1, 0.15) is 11.2 Å². The van der Waals surface area contributed by atoms with E-state index < -0.39 is 0 Å². The lowest BCUT2D eigenvalue weighted by Crippen LogP contribution is -2.10. The van der Waals surface area contributed by atoms with Gasteiger partial charge in [0.25, 0.3) is 0 Å². The lowest BCUT2D eigenvalue weighted by Gasteiger charge is -2.19. The normalized spacial score (nSPS) is 12.0. The second-order valence-corrected chi connectivity index (χ2v) is 7.73. The Bertz CT molecular complexity index is 1050. The summed E-state index contributed by atoms with van der Waals surface area (Å²) < 4.78 is 6.01. The molecule has 1 aromatic heterocycles. The van der Waals surface area contributed by atoms with E-state index in [1.54, 1.807) is 0 Å². The van der Waals surface area contributed by atoms with E-state index in [-0.39, 0.29) is 5.41 Å². The number of fused-ring (bicyclic) bond motifs is 3. The van der Waals surface area contributed by atoms with E-state index in [2.05, 4.69) is 75.5 Å². The molecular weight excluding hydrogens is 306 g/mol. The van der Waals surface area contributed by atoms with Gasteiger partial charge in [0.2, 0.25) is 0 Å². The van der Waals surface area contributed by atoms with Crippen LogP contribution in [0.4, 0.5) is 11.4 Å². The van der Waals surface area contributed by atoms with Crippen LogP contribution in [0.2, 0.25) is 0 Å². The molecule has 0 saturated carbocycles. The highest BCUT2D eigenvalue weighted by Crippen LogP contribution is 2.36. The van der Waals surface area contributed by atoms with Crippen LogP contribution >= 0.6 is 0 Å². The molecule has 0 aliphatic heterocycles. The van der Waals surface area contributed by atoms with E-state index in [4.69, 9.17) is 4.42 Å². The third kappa shape index (κ3) is 2.89. The second-order valence-electron chi connectivity index (χ2n) is 7.73. The monoisotopic (exact) mass is 329 g/mol. The van der Waals surface area contributed by atoms with Crippen molar-refractivity contribution in [2.24, 2.45) is 0 Å². The van der Waals surface area contributed by atoms with Gasteiger partial charge in [-0.3, -0.25) is 0 Å². The highest BCUT2D eigenvalue weighted by Gasteiger charge is 2.14. The summed E-state index contributed by atoms with van der Waals surface area (Å²) >= 11 is 0. The average molecular weight is 329 g/mol. The van der Waals surface area contributed by atoms with E-state index in [0.29, 0.717) is 0 Å². The standard InChI is InChI=1S/C23H23NO/c1-15-8-13-20-18(14-15)22-19(6-5-7-21(22)25-20)24-17-11-9-16(10-12-17)23(2,3)4/h5-14,24H,1-4H3. The van der Waals surface area contributed by atoms with Gasteiger partial charge in [-0.2, -0.15) is 0 Å². The number of nitrogens with one attached hydrogen (secondary N) is 1. The first kappa shape index (κ1) is 15.8. The highest BCUT2D eigenvalue weighted by atomic mass is 16.3. The van der Waals surface area contributed by atoms with E-state index in [0.717, 1.165) is 33.3 Å². The molecule has 4 rings (SSSR count). The van der Waals surface area contributed by atoms with Crippen molar-refractivity contribution in [1.29, 1.82) is 0 Å². The van der Waals surface area contributed by atoms with Crippen molar-refractivity contribution in [1.82, 2.24) is 0 Å². The third-order valence-electron chi connectivity index (χ3n) is 4.68. The van der Waals surface area contributed by atoms with Crippen LogP contribution in [0.25, 0.3) is 21.9 Å². The number of furan rings is 1. The van der Waals surface area contributed by atoms with E-state index in [9.17, 15) is 0 Å². The lowest BCUT2D eigenvalue weighted by atomic mass is 9.87. The average Bonchev–Trinajstić information content (AvgIpc) is 2.93. The van der Waals surface area contributed by atoms with E-state index >= 15 is 0 Å². The van der Waals surface area contributed by atoms with Crippen LogP contribution in [0.5, 0.6) is 0 Å². The van der Waals surface area contributed by atoms with Gasteiger partial charge in [0.05, 0.1) is 11.1 Å². The number of aryl methyl sites for hydroxylation is 1. The van der Waals surface area contributed by atoms with Crippen LogP contribution in [0.1, 0.15) is 31.9 Å². The molecule has 126 valence electrons. The van der Waals surface area contributed by atoms with E-state index in [1.165, 1.54) is 11.1 Å². The first-order valence-corrected chi connectivity index (χ1v) is 8.71. The summed E-state index contributed by atoms with van der Waals surface area (Å²) in [5, 5.41) is 5.86. The Kier molecular flexibility index (Phi) is 3.57. The SMILES string of the molecule is Cc1ccc2oc3cccc(Nc4ccc(C(C)(C)C)cc4)c3c2c1. The van der Waals surface area contributed by atoms with Gasteiger partial charge in [-0.25, -0.2) is 0 Å². The number of hydrogen-bond acceptors (Lipinski definition) is 2. The Balaban J connectivity index is 1.79. The summed E-state index contributed by atoms with van der Waals surface area (Å²) in [4.78, 5) is 0. The molecule has 4 aromatic rings. The molecule has 0 fully saturated rings. The zero-order valence-electron chi connectivity index (χ0n) is 15.2. The van der Waals surface area contributed by atoms with Crippen LogP contribution in [0.3, 0.4) is 0 Å². The zero-order chi connectivity index (χ0) is 17.6. The van der Waals surface area contributed by atoms with Crippen molar-refractivity contribution < 1.29 is 4.42 Å². The van der Waals surface area contributed by atoms with Gasteiger partial charge >= 0.3 is 0 Å². The van der Waals surface area contributed by atoms with Crippen LogP contribution < -0.4 is 5.32 Å². The predicted octanol–water partition coefficient (Wildman–Crippen LogP) is 6.94. The smallest absolute Gasteiger partial charge is 0.137 e. The number of hydrogen-bond donors (Lipinski definition) is 1. The summed E-state index contributed by atoms with van der Waals surface area (Å²) in [6.07, 6.45) is 0. The fourth-order valence-electron chi connectivity index (χ4n) is 3.25. The molecule has 2 heteroatoms. The molecule has 1 heterocycles. The first-order valence-electron chi connectivity index (χ1n) is 8.71. The van der Waals surface area contributed by atoms with Crippen LogP contribution in [0.15, 0.2) is 65.1 Å². The van der Waals surface area contributed by atoms with Crippen molar-refractivity contribution >= 4 is 33.3 Å². The Morgan fingerprint density at radius 1 is 0.840 bits per heavy atom. The van der Waals surface area contributed by atoms with Gasteiger partial charge in [-0.05, 0) is 54.3 Å². The topological polar surface area (TPSA) is 25.2 Å². The molecule has 0 bridgehead atoms. The maximum Gasteiger partial charge on any atom is 0.137 e. The molecule has 0 aliphatic rings. The molecule has 0 unspecified atom stereocenters. The molecule has 0 saturated heterocycles. The minimum absolute atomic E-state index is 0.164. The Hall–Kier alpha value is -2.74. The van der Waals surface area contributed by atoms with Gasteiger partial charge in [0.15, 0.2) is 0 Å². The Labute approximate surface area is 148 Å². The van der Waals surface area contributed by atoms with Crippen LogP contribution in [-0.2, 0) is 5.41 Å². The molecule has 0 amide bonds. The molecule has 0 spiro atoms. The maximum absolute atomic E-state index is 6.01. The zero-order valence-corrected chi connectivity index (χ0v) is 15.2. The van der Waals surface area contributed by atoms with Crippen molar-refractivity contribution in [3.05, 3.63) is 71.8 Å². The van der Waals surface area contributed by atoms with Gasteiger partial charge in [-0.15, -0.1) is 0 Å². The van der Waals surface area contributed by atoms with E-state index in [1.807, 2.05) is 18.2 Å². The largest absolute Gasteiger partial charge is 0.456 e. The molecule has 2 nitrogen and oxygen atoms in total. The molecular formula is C23H23NO. The van der Waals surface area contributed by atoms with Crippen molar-refractivity contribution in [3.8, 4) is 0 Å². The minimum Gasteiger partial charge on any atom is -0.456 e. The van der Waals surface area contributed by atoms with Gasteiger partial charge in [0, 0.05) is 11.1 Å². The molecule has 1 N–H and O–H groups in total. The second kappa shape index (κ2) is 5.66. The fraction of sp³-hybridized carbons (Fsp3) is 0.217. The highest BCUT2D eigenvalue weighted by molar-refractivity contribution is 6.12. The van der Waals surface area contributed by atoms with Gasteiger partial charge in [-0.1, -0.05) is 50.6 Å². The number of benzene rings is 3. The van der Waals surface area contributed by atoms with Crippen molar-refractivity contribution in [2.75, 3.05) is 5.32 Å². The molecule has 3 aromatic carbocycles. The van der Waals surface area contributed by atoms with Gasteiger partial charge < -0.3 is 9.73 Å². The van der Waals surface area contributed by atoms with Crippen molar-refractivity contribution in [3.63, 3.8) is 0 Å². The molecule has 0 radical (unpaired) electrons. The van der Waals surface area contributed by atoms with Crippen LogP contribution in [-0.4, -0.2) is 0 Å². The summed E-state index contributed by atoms with van der Waals surface area (Å²) in [5.41, 5.74) is 6.74. The summed E-state index contributed by atoms with van der Waals surface area (Å²) in [5.74, 6) is 0. The minimum atomic E-state index is 0.164. The van der Waals surface area contributed by atoms with Crippen LogP contribution in [0, 0.1) is 6.92 Å². The third-order valence-corrected chi connectivity index (χ3v) is 4.68. The van der Waals surface area contributed by atoms with Crippen molar-refractivity contribution in [2.45, 2.75) is 33.1 Å². The predicted molar refractivity (Wildman–Crippen MR) is 107 cm³/mol. The quantitative estimate of drug-likeness (QED) is 0.431. The fourth-order valence-corrected chi connectivity index (χ4v) is 3.25. The summed E-state index contributed by atoms with van der Waals surface area (Å²) in [7, 11) is 0. The number of anilines is 2. The molecule has 0 aliphatic carbocycles.